The number of ether oxygens (including phenoxy) is 1. The van der Waals surface area contributed by atoms with Crippen molar-refractivity contribution in [1.82, 2.24) is 0 Å². The Balaban J connectivity index is 1.77. The van der Waals surface area contributed by atoms with Gasteiger partial charge in [-0.3, -0.25) is 4.79 Å². The van der Waals surface area contributed by atoms with Crippen LogP contribution in [0.25, 0.3) is 0 Å². The molecule has 0 radical (unpaired) electrons. The van der Waals surface area contributed by atoms with Gasteiger partial charge in [-0.2, -0.15) is 0 Å². The van der Waals surface area contributed by atoms with E-state index in [0.717, 1.165) is 5.56 Å². The molecule has 0 saturated heterocycles. The molecular formula is C17H14ClNO4. The highest BCUT2D eigenvalue weighted by molar-refractivity contribution is 6.30. The number of carbonyl (C=O) groups is 2. The number of hydrogen-bond acceptors (Lipinski definition) is 3. The molecule has 0 bridgehead atoms. The summed E-state index contributed by atoms with van der Waals surface area (Å²) >= 11 is 5.80. The van der Waals surface area contributed by atoms with Crippen LogP contribution in [0.1, 0.15) is 22.3 Å². The van der Waals surface area contributed by atoms with Gasteiger partial charge in [0, 0.05) is 22.3 Å². The summed E-state index contributed by atoms with van der Waals surface area (Å²) in [4.78, 5) is 23.2. The van der Waals surface area contributed by atoms with Crippen LogP contribution >= 0.6 is 11.6 Å². The molecule has 1 atom stereocenters. The van der Waals surface area contributed by atoms with Crippen molar-refractivity contribution in [2.45, 2.75) is 18.9 Å². The summed E-state index contributed by atoms with van der Waals surface area (Å²) in [5, 5.41) is 12.4. The van der Waals surface area contributed by atoms with Crippen molar-refractivity contribution in [3.8, 4) is 5.75 Å². The lowest BCUT2D eigenvalue weighted by molar-refractivity contribution is -0.145. The number of benzene rings is 2. The van der Waals surface area contributed by atoms with Crippen LogP contribution in [0.5, 0.6) is 5.75 Å². The van der Waals surface area contributed by atoms with Gasteiger partial charge in [0.25, 0.3) is 5.91 Å². The van der Waals surface area contributed by atoms with Crippen LogP contribution in [0, 0.1) is 0 Å². The van der Waals surface area contributed by atoms with Crippen LogP contribution in [-0.4, -0.2) is 23.1 Å². The van der Waals surface area contributed by atoms with Crippen molar-refractivity contribution in [1.29, 1.82) is 0 Å². The van der Waals surface area contributed by atoms with Gasteiger partial charge >= 0.3 is 5.97 Å². The number of amides is 1. The Morgan fingerprint density at radius 1 is 1.17 bits per heavy atom. The third kappa shape index (κ3) is 3.46. The molecule has 1 aliphatic heterocycles. The van der Waals surface area contributed by atoms with Gasteiger partial charge in [0.2, 0.25) is 0 Å². The number of hydrogen-bond donors (Lipinski definition) is 2. The van der Waals surface area contributed by atoms with Crippen LogP contribution in [0.2, 0.25) is 5.02 Å². The van der Waals surface area contributed by atoms with Crippen molar-refractivity contribution < 1.29 is 19.4 Å². The Kier molecular flexibility index (Phi) is 4.21. The van der Waals surface area contributed by atoms with E-state index in [4.69, 9.17) is 21.4 Å². The average Bonchev–Trinajstić information content (AvgIpc) is 2.54. The van der Waals surface area contributed by atoms with Crippen LogP contribution in [-0.2, 0) is 11.2 Å². The minimum absolute atomic E-state index is 0.271. The monoisotopic (exact) mass is 331 g/mol. The predicted molar refractivity (Wildman–Crippen MR) is 86.2 cm³/mol. The highest BCUT2D eigenvalue weighted by atomic mass is 35.5. The maximum absolute atomic E-state index is 12.2. The molecule has 3 rings (SSSR count). The van der Waals surface area contributed by atoms with E-state index in [0.29, 0.717) is 34.9 Å². The normalized spacial score (nSPS) is 16.1. The molecule has 0 aromatic heterocycles. The maximum Gasteiger partial charge on any atom is 0.344 e. The number of fused-ring (bicyclic) bond motifs is 1. The number of carbonyl (C=O) groups excluding carboxylic acids is 1. The van der Waals surface area contributed by atoms with Crippen molar-refractivity contribution in [2.75, 3.05) is 5.32 Å². The number of carboxylic acids is 1. The van der Waals surface area contributed by atoms with Gasteiger partial charge < -0.3 is 15.2 Å². The lowest BCUT2D eigenvalue weighted by Gasteiger charge is -2.23. The van der Waals surface area contributed by atoms with Gasteiger partial charge in [0.05, 0.1) is 0 Å². The fraction of sp³-hybridized carbons (Fsp3) is 0.176. The van der Waals surface area contributed by atoms with Crippen molar-refractivity contribution in [3.05, 3.63) is 58.6 Å². The molecule has 0 fully saturated rings. The third-order valence-corrected chi connectivity index (χ3v) is 3.90. The van der Waals surface area contributed by atoms with Crippen LogP contribution in [0.15, 0.2) is 42.5 Å². The molecule has 2 aromatic rings. The van der Waals surface area contributed by atoms with Crippen molar-refractivity contribution >= 4 is 29.2 Å². The van der Waals surface area contributed by atoms with E-state index in [1.165, 1.54) is 0 Å². The Labute approximate surface area is 137 Å². The SMILES string of the molecule is O=C(Nc1ccc2c(c1)OC(C(=O)O)CC2)c1ccc(Cl)cc1. The summed E-state index contributed by atoms with van der Waals surface area (Å²) < 4.78 is 5.47. The lowest BCUT2D eigenvalue weighted by Crippen LogP contribution is -2.30. The summed E-state index contributed by atoms with van der Waals surface area (Å²) in [6.07, 6.45) is 0.237. The van der Waals surface area contributed by atoms with Gasteiger partial charge in [0.15, 0.2) is 6.10 Å². The molecule has 1 aliphatic rings. The highest BCUT2D eigenvalue weighted by Crippen LogP contribution is 2.30. The van der Waals surface area contributed by atoms with Crippen LogP contribution in [0.4, 0.5) is 5.69 Å². The lowest BCUT2D eigenvalue weighted by atomic mass is 10.0. The second-order valence-corrected chi connectivity index (χ2v) is 5.70. The first kappa shape index (κ1) is 15.4. The topological polar surface area (TPSA) is 75.6 Å². The molecule has 2 N–H and O–H groups in total. The fourth-order valence-electron chi connectivity index (χ4n) is 2.43. The zero-order chi connectivity index (χ0) is 16.4. The standard InChI is InChI=1S/C17H14ClNO4/c18-12-5-1-11(2-6-12)16(20)19-13-7-3-10-4-8-14(17(21)22)23-15(10)9-13/h1-3,5-7,9,14H,4,8H2,(H,19,20)(H,21,22). The molecule has 1 unspecified atom stereocenters. The number of anilines is 1. The molecule has 0 saturated carbocycles. The van der Waals surface area contributed by atoms with Crippen molar-refractivity contribution in [3.63, 3.8) is 0 Å². The Morgan fingerprint density at radius 3 is 2.61 bits per heavy atom. The zero-order valence-electron chi connectivity index (χ0n) is 12.1. The maximum atomic E-state index is 12.2. The van der Waals surface area contributed by atoms with E-state index < -0.39 is 12.1 Å². The van der Waals surface area contributed by atoms with E-state index >= 15 is 0 Å². The number of nitrogens with one attached hydrogen (secondary N) is 1. The van der Waals surface area contributed by atoms with Crippen molar-refractivity contribution in [2.24, 2.45) is 0 Å². The smallest absolute Gasteiger partial charge is 0.344 e. The predicted octanol–water partition coefficient (Wildman–Crippen LogP) is 3.37. The number of halogens is 1. The van der Waals surface area contributed by atoms with Gasteiger partial charge in [0.1, 0.15) is 5.75 Å². The second kappa shape index (κ2) is 6.30. The van der Waals surface area contributed by atoms with Crippen LogP contribution in [0.3, 0.4) is 0 Å². The van der Waals surface area contributed by atoms with E-state index in [2.05, 4.69) is 5.32 Å². The van der Waals surface area contributed by atoms with Gasteiger partial charge in [-0.05, 0) is 48.7 Å². The molecule has 1 heterocycles. The first-order valence-corrected chi connectivity index (χ1v) is 7.50. The quantitative estimate of drug-likeness (QED) is 0.904. The Bertz CT molecular complexity index is 758. The van der Waals surface area contributed by atoms with E-state index in [-0.39, 0.29) is 5.91 Å². The summed E-state index contributed by atoms with van der Waals surface area (Å²) in [7, 11) is 0. The fourth-order valence-corrected chi connectivity index (χ4v) is 2.55. The Morgan fingerprint density at radius 2 is 1.91 bits per heavy atom. The highest BCUT2D eigenvalue weighted by Gasteiger charge is 2.25. The first-order chi connectivity index (χ1) is 11.0. The second-order valence-electron chi connectivity index (χ2n) is 5.27. The number of rotatable bonds is 3. The largest absolute Gasteiger partial charge is 0.479 e. The molecule has 5 nitrogen and oxygen atoms in total. The van der Waals surface area contributed by atoms with E-state index in [9.17, 15) is 9.59 Å². The van der Waals surface area contributed by atoms with Gasteiger partial charge in [-0.1, -0.05) is 17.7 Å². The first-order valence-electron chi connectivity index (χ1n) is 7.12. The van der Waals surface area contributed by atoms with Gasteiger partial charge in [-0.15, -0.1) is 0 Å². The summed E-state index contributed by atoms with van der Waals surface area (Å²) in [6.45, 7) is 0. The molecule has 118 valence electrons. The molecule has 0 aliphatic carbocycles. The Hall–Kier alpha value is -2.53. The van der Waals surface area contributed by atoms with E-state index in [1.807, 2.05) is 6.07 Å². The zero-order valence-corrected chi connectivity index (χ0v) is 12.8. The molecule has 1 amide bonds. The molecule has 23 heavy (non-hydrogen) atoms. The van der Waals surface area contributed by atoms with Gasteiger partial charge in [-0.25, -0.2) is 4.79 Å². The molecular weight excluding hydrogens is 318 g/mol. The average molecular weight is 332 g/mol. The molecule has 2 aromatic carbocycles. The number of aliphatic carboxylic acids is 1. The summed E-state index contributed by atoms with van der Waals surface area (Å²) in [5.41, 5.74) is 1.97. The minimum Gasteiger partial charge on any atom is -0.479 e. The summed E-state index contributed by atoms with van der Waals surface area (Å²) in [5.74, 6) is -0.754. The summed E-state index contributed by atoms with van der Waals surface area (Å²) in [6, 6.07) is 11.8. The molecule has 6 heteroatoms. The minimum atomic E-state index is -0.980. The molecule has 0 spiro atoms. The number of carboxylic acid groups (broad SMARTS) is 1. The van der Waals surface area contributed by atoms with E-state index in [1.54, 1.807) is 36.4 Å². The third-order valence-electron chi connectivity index (χ3n) is 3.65. The number of aryl methyl sites for hydroxylation is 1. The van der Waals surface area contributed by atoms with Crippen LogP contribution < -0.4 is 10.1 Å².